The van der Waals surface area contributed by atoms with Crippen LogP contribution < -0.4 is 51.4 Å². The summed E-state index contributed by atoms with van der Waals surface area (Å²) in [5.41, 5.74) is 0.162. The zero-order valence-electron chi connectivity index (χ0n) is 14.1. The molecule has 7 heteroatoms. The second-order valence-electron chi connectivity index (χ2n) is 6.17. The molecule has 120 valence electrons. The Morgan fingerprint density at radius 1 is 1.36 bits per heavy atom. The first-order chi connectivity index (χ1) is 9.57. The van der Waals surface area contributed by atoms with E-state index in [9.17, 15) is 17.8 Å². The number of ether oxygens (including phenoxy) is 1. The van der Waals surface area contributed by atoms with Crippen LogP contribution in [0.25, 0.3) is 0 Å². The number of carbonyl (C=O) groups excluding carboxylic acids is 1. The molecule has 0 amide bonds. The van der Waals surface area contributed by atoms with Gasteiger partial charge in [0, 0.05) is 6.42 Å². The van der Waals surface area contributed by atoms with Crippen LogP contribution in [0.5, 0.6) is 0 Å². The molecule has 0 radical (unpaired) electrons. The van der Waals surface area contributed by atoms with E-state index in [2.05, 4.69) is 0 Å². The molecule has 0 aromatic carbocycles. The monoisotopic (exact) mass is 354 g/mol. The maximum Gasteiger partial charge on any atom is 1.00 e. The summed E-state index contributed by atoms with van der Waals surface area (Å²) in [7, 11) is -4.67. The molecule has 0 bridgehead atoms. The van der Waals surface area contributed by atoms with Gasteiger partial charge in [0.2, 0.25) is 0 Å². The van der Waals surface area contributed by atoms with Gasteiger partial charge in [0.25, 0.3) is 0 Å². The topological polar surface area (TPSA) is 83.5 Å². The molecule has 0 fully saturated rings. The van der Waals surface area contributed by atoms with Crippen molar-refractivity contribution in [1.29, 1.82) is 0 Å². The van der Waals surface area contributed by atoms with Gasteiger partial charge in [0.05, 0.1) is 4.91 Å². The van der Waals surface area contributed by atoms with Crippen molar-refractivity contribution in [1.82, 2.24) is 0 Å². The van der Waals surface area contributed by atoms with Crippen LogP contribution in [0, 0.1) is 5.41 Å². The van der Waals surface area contributed by atoms with Gasteiger partial charge < -0.3 is 9.29 Å². The Morgan fingerprint density at radius 2 is 1.95 bits per heavy atom. The Kier molecular flexibility index (Phi) is 9.31. The van der Waals surface area contributed by atoms with Crippen molar-refractivity contribution in [2.45, 2.75) is 59.8 Å². The number of hydrogen-bond donors (Lipinski definition) is 0. The number of carbonyl (C=O) groups is 1. The summed E-state index contributed by atoms with van der Waals surface area (Å²) in [6.07, 6.45) is 4.73. The van der Waals surface area contributed by atoms with Gasteiger partial charge >= 0.3 is 57.4 Å². The molecular formula is C15H23KO5S. The first-order valence-corrected chi connectivity index (χ1v) is 8.57. The van der Waals surface area contributed by atoms with E-state index in [0.29, 0.717) is 18.4 Å². The van der Waals surface area contributed by atoms with Crippen LogP contribution in [-0.2, 0) is 19.6 Å². The van der Waals surface area contributed by atoms with Gasteiger partial charge in [0.1, 0.15) is 15.9 Å². The maximum atomic E-state index is 11.8. The minimum Gasteiger partial charge on any atom is -0.744 e. The van der Waals surface area contributed by atoms with Gasteiger partial charge in [0.15, 0.2) is 0 Å². The predicted octanol–water partition coefficient (Wildman–Crippen LogP) is 0.247. The van der Waals surface area contributed by atoms with Crippen LogP contribution in [0.1, 0.15) is 59.8 Å². The van der Waals surface area contributed by atoms with Crippen molar-refractivity contribution in [3.63, 3.8) is 0 Å². The first-order valence-electron chi connectivity index (χ1n) is 7.16. The molecule has 5 nitrogen and oxygen atoms in total. The third-order valence-corrected chi connectivity index (χ3v) is 4.17. The second-order valence-corrected chi connectivity index (χ2v) is 7.52. The number of unbranched alkanes of at least 4 members (excludes halogenated alkanes) is 2. The minimum atomic E-state index is -4.67. The fourth-order valence-electron chi connectivity index (χ4n) is 2.45. The van der Waals surface area contributed by atoms with Crippen molar-refractivity contribution in [2.75, 3.05) is 0 Å². The summed E-state index contributed by atoms with van der Waals surface area (Å²) in [6.45, 7) is 7.38. The molecule has 1 aliphatic carbocycles. The molecule has 0 aromatic rings. The van der Waals surface area contributed by atoms with E-state index in [-0.39, 0.29) is 63.6 Å². The Balaban J connectivity index is 0.00000441. The maximum absolute atomic E-state index is 11.8. The Hall–Kier alpha value is 0.496. The average molecular weight is 355 g/mol. The SMILES string of the molecule is CCCCCC(=O)OC1=C(C)CC(C)(C)C=C1S(=O)(=O)[O-].[K+]. The molecule has 0 unspecified atom stereocenters. The number of allylic oxidation sites excluding steroid dienone is 2. The van der Waals surface area contributed by atoms with E-state index in [1.54, 1.807) is 6.92 Å². The molecule has 0 spiro atoms. The standard InChI is InChI=1S/C15H24O5S.K/c1-5-6-7-8-13(16)20-14-11(2)9-15(3,4)10-12(14)21(17,18)19;/h10H,5-9H2,1-4H3,(H,17,18,19);/q;+1/p-1. The molecule has 1 aliphatic rings. The zero-order valence-corrected chi connectivity index (χ0v) is 18.0. The third kappa shape index (κ3) is 6.94. The molecule has 0 aliphatic heterocycles. The van der Waals surface area contributed by atoms with Crippen LogP contribution in [0.3, 0.4) is 0 Å². The molecule has 0 heterocycles. The second kappa shape index (κ2) is 9.10. The zero-order chi connectivity index (χ0) is 16.3. The van der Waals surface area contributed by atoms with Gasteiger partial charge in [-0.3, -0.25) is 4.79 Å². The number of rotatable bonds is 6. The van der Waals surface area contributed by atoms with Crippen molar-refractivity contribution in [2.24, 2.45) is 5.41 Å². The largest absolute Gasteiger partial charge is 1.00 e. The first kappa shape index (κ1) is 22.5. The quantitative estimate of drug-likeness (QED) is 0.295. The summed E-state index contributed by atoms with van der Waals surface area (Å²) < 4.78 is 39.4. The van der Waals surface area contributed by atoms with Gasteiger partial charge in [-0.15, -0.1) is 0 Å². The van der Waals surface area contributed by atoms with E-state index in [4.69, 9.17) is 4.74 Å². The van der Waals surface area contributed by atoms with Crippen LogP contribution in [-0.4, -0.2) is 18.9 Å². The van der Waals surface area contributed by atoms with E-state index in [1.807, 2.05) is 20.8 Å². The molecule has 0 saturated heterocycles. The van der Waals surface area contributed by atoms with Crippen LogP contribution in [0.15, 0.2) is 22.3 Å². The van der Waals surface area contributed by atoms with Gasteiger partial charge in [-0.05, 0) is 30.8 Å². The molecule has 0 aromatic heterocycles. The van der Waals surface area contributed by atoms with Crippen molar-refractivity contribution in [3.8, 4) is 0 Å². The predicted molar refractivity (Wildman–Crippen MR) is 79.1 cm³/mol. The van der Waals surface area contributed by atoms with Gasteiger partial charge in [-0.1, -0.05) is 39.7 Å². The van der Waals surface area contributed by atoms with Gasteiger partial charge in [-0.25, -0.2) is 8.42 Å². The normalized spacial score (nSPS) is 17.6. The summed E-state index contributed by atoms with van der Waals surface area (Å²) in [4.78, 5) is 11.4. The van der Waals surface area contributed by atoms with Crippen molar-refractivity contribution >= 4 is 16.1 Å². The molecular weight excluding hydrogens is 331 g/mol. The smallest absolute Gasteiger partial charge is 0.744 e. The van der Waals surface area contributed by atoms with E-state index in [1.165, 1.54) is 6.08 Å². The molecule has 0 atom stereocenters. The summed E-state index contributed by atoms with van der Waals surface area (Å²) in [6, 6.07) is 0. The Bertz CT molecular complexity index is 573. The molecule has 1 rings (SSSR count). The van der Waals surface area contributed by atoms with Crippen LogP contribution in [0.2, 0.25) is 0 Å². The Labute approximate surface area is 175 Å². The Morgan fingerprint density at radius 3 is 2.45 bits per heavy atom. The van der Waals surface area contributed by atoms with E-state index >= 15 is 0 Å². The van der Waals surface area contributed by atoms with Crippen LogP contribution >= 0.6 is 0 Å². The number of hydrogen-bond acceptors (Lipinski definition) is 5. The van der Waals surface area contributed by atoms with E-state index in [0.717, 1.165) is 12.8 Å². The molecule has 0 saturated carbocycles. The fourth-order valence-corrected chi connectivity index (χ4v) is 3.36. The average Bonchev–Trinajstić information content (AvgIpc) is 2.30. The number of esters is 1. The van der Waals surface area contributed by atoms with E-state index < -0.39 is 26.4 Å². The van der Waals surface area contributed by atoms with Crippen LogP contribution in [0.4, 0.5) is 0 Å². The third-order valence-electron chi connectivity index (χ3n) is 3.32. The minimum absolute atomic E-state index is 0. The summed E-state index contributed by atoms with van der Waals surface area (Å²) in [5, 5.41) is 0. The molecule has 22 heavy (non-hydrogen) atoms. The van der Waals surface area contributed by atoms with Gasteiger partial charge in [-0.2, -0.15) is 0 Å². The summed E-state index contributed by atoms with van der Waals surface area (Å²) >= 11 is 0. The van der Waals surface area contributed by atoms with Crippen molar-refractivity contribution in [3.05, 3.63) is 22.3 Å². The van der Waals surface area contributed by atoms with Crippen molar-refractivity contribution < 1.29 is 73.9 Å². The summed E-state index contributed by atoms with van der Waals surface area (Å²) in [5.74, 6) is -0.571. The molecule has 0 N–H and O–H groups in total. The fraction of sp³-hybridized carbons (Fsp3) is 0.667.